The van der Waals surface area contributed by atoms with Crippen LogP contribution in [0.1, 0.15) is 24.3 Å². The first kappa shape index (κ1) is 14.2. The summed E-state index contributed by atoms with van der Waals surface area (Å²) in [6.07, 6.45) is 4.70. The van der Waals surface area contributed by atoms with E-state index in [0.29, 0.717) is 6.54 Å². The van der Waals surface area contributed by atoms with E-state index in [1.165, 1.54) is 0 Å². The van der Waals surface area contributed by atoms with E-state index in [-0.39, 0.29) is 6.04 Å². The first-order valence-corrected chi connectivity index (χ1v) is 8.02. The molecule has 0 spiro atoms. The largest absolute Gasteiger partial charge is 0.480 e. The molecule has 1 aliphatic heterocycles. The van der Waals surface area contributed by atoms with Crippen molar-refractivity contribution < 1.29 is 9.90 Å². The van der Waals surface area contributed by atoms with Gasteiger partial charge in [-0.15, -0.1) is 11.3 Å². The molecule has 1 aliphatic rings. The Morgan fingerprint density at radius 3 is 2.90 bits per heavy atom. The average Bonchev–Trinajstić information content (AvgIpc) is 2.97. The summed E-state index contributed by atoms with van der Waals surface area (Å²) in [5, 5.41) is 10.3. The topological polar surface area (TPSA) is 53.4 Å². The average molecular weight is 302 g/mol. The predicted molar refractivity (Wildman–Crippen MR) is 83.2 cm³/mol. The van der Waals surface area contributed by atoms with Crippen LogP contribution < -0.4 is 0 Å². The van der Waals surface area contributed by atoms with Crippen molar-refractivity contribution in [3.63, 3.8) is 0 Å². The summed E-state index contributed by atoms with van der Waals surface area (Å²) in [5.74, 6) is -0.713. The Kier molecular flexibility index (Phi) is 4.31. The van der Waals surface area contributed by atoms with Gasteiger partial charge in [0.1, 0.15) is 11.0 Å². The molecule has 0 saturated carbocycles. The molecular formula is C16H18N2O2S. The lowest BCUT2D eigenvalue weighted by Crippen LogP contribution is -2.43. The smallest absolute Gasteiger partial charge is 0.320 e. The maximum Gasteiger partial charge on any atom is 0.320 e. The molecule has 4 nitrogen and oxygen atoms in total. The molecule has 0 radical (unpaired) electrons. The van der Waals surface area contributed by atoms with Gasteiger partial charge in [0.15, 0.2) is 0 Å². The Hall–Kier alpha value is -1.72. The third-order valence-electron chi connectivity index (χ3n) is 3.85. The van der Waals surface area contributed by atoms with Gasteiger partial charge in [0, 0.05) is 6.20 Å². The van der Waals surface area contributed by atoms with Gasteiger partial charge in [0.05, 0.1) is 11.4 Å². The molecule has 3 rings (SSSR count). The molecule has 1 fully saturated rings. The molecule has 1 aromatic heterocycles. The molecule has 1 unspecified atom stereocenters. The molecule has 1 atom stereocenters. The van der Waals surface area contributed by atoms with Crippen molar-refractivity contribution in [2.45, 2.75) is 31.8 Å². The number of hydrogen-bond acceptors (Lipinski definition) is 4. The number of nitrogens with zero attached hydrogens (tertiary/aromatic N) is 2. The number of likely N-dealkylation sites (tertiary alicyclic amines) is 1. The Morgan fingerprint density at radius 2 is 2.14 bits per heavy atom. The second-order valence-corrected chi connectivity index (χ2v) is 6.42. The predicted octanol–water partition coefficient (Wildman–Crippen LogP) is 3.25. The monoisotopic (exact) mass is 302 g/mol. The molecule has 1 N–H and O–H groups in total. The molecule has 0 amide bonds. The second-order valence-electron chi connectivity index (χ2n) is 5.30. The van der Waals surface area contributed by atoms with Gasteiger partial charge in [-0.1, -0.05) is 36.8 Å². The number of carboxylic acid groups (broad SMARTS) is 1. The molecule has 5 heteroatoms. The number of carbonyl (C=O) groups is 1. The standard InChI is InChI=1S/C16H18N2O2S/c19-16(20)13-8-4-5-9-18(13)11-15-17-10-14(21-15)12-6-2-1-3-7-12/h1-3,6-7,10,13H,4-5,8-9,11H2,(H,19,20). The summed E-state index contributed by atoms with van der Waals surface area (Å²) in [7, 11) is 0. The minimum absolute atomic E-state index is 0.358. The SMILES string of the molecule is O=C(O)C1CCCCN1Cc1ncc(-c2ccccc2)s1. The first-order chi connectivity index (χ1) is 10.2. The van der Waals surface area contributed by atoms with Gasteiger partial charge < -0.3 is 5.11 Å². The molecule has 21 heavy (non-hydrogen) atoms. The zero-order valence-corrected chi connectivity index (χ0v) is 12.6. The van der Waals surface area contributed by atoms with Crippen molar-refractivity contribution in [2.24, 2.45) is 0 Å². The summed E-state index contributed by atoms with van der Waals surface area (Å²) in [5.41, 5.74) is 1.16. The van der Waals surface area contributed by atoms with Crippen LogP contribution in [0, 0.1) is 0 Å². The maximum absolute atomic E-state index is 11.3. The lowest BCUT2D eigenvalue weighted by atomic mass is 10.0. The van der Waals surface area contributed by atoms with Crippen molar-refractivity contribution in [1.29, 1.82) is 0 Å². The van der Waals surface area contributed by atoms with E-state index in [9.17, 15) is 9.90 Å². The lowest BCUT2D eigenvalue weighted by Gasteiger charge is -2.31. The fourth-order valence-electron chi connectivity index (χ4n) is 2.75. The van der Waals surface area contributed by atoms with E-state index < -0.39 is 5.97 Å². The Balaban J connectivity index is 1.73. The van der Waals surface area contributed by atoms with Crippen LogP contribution in [0.3, 0.4) is 0 Å². The van der Waals surface area contributed by atoms with Crippen LogP contribution >= 0.6 is 11.3 Å². The fourth-order valence-corrected chi connectivity index (χ4v) is 3.70. The van der Waals surface area contributed by atoms with E-state index in [1.807, 2.05) is 29.3 Å². The lowest BCUT2D eigenvalue weighted by molar-refractivity contribution is -0.144. The van der Waals surface area contributed by atoms with Crippen LogP contribution in [-0.4, -0.2) is 33.5 Å². The highest BCUT2D eigenvalue weighted by Crippen LogP contribution is 2.28. The summed E-state index contributed by atoms with van der Waals surface area (Å²) in [6, 6.07) is 9.80. The van der Waals surface area contributed by atoms with Gasteiger partial charge in [0.2, 0.25) is 0 Å². The van der Waals surface area contributed by atoms with Crippen molar-refractivity contribution in [1.82, 2.24) is 9.88 Å². The van der Waals surface area contributed by atoms with Gasteiger partial charge >= 0.3 is 5.97 Å². The molecule has 1 saturated heterocycles. The quantitative estimate of drug-likeness (QED) is 0.942. The summed E-state index contributed by atoms with van der Waals surface area (Å²) in [4.78, 5) is 19.0. The van der Waals surface area contributed by atoms with Gasteiger partial charge in [-0.25, -0.2) is 4.98 Å². The minimum atomic E-state index is -0.713. The number of hydrogen-bond donors (Lipinski definition) is 1. The van der Waals surface area contributed by atoms with E-state index in [4.69, 9.17) is 0 Å². The zero-order valence-electron chi connectivity index (χ0n) is 11.7. The van der Waals surface area contributed by atoms with Crippen molar-refractivity contribution in [3.8, 4) is 10.4 Å². The number of aliphatic carboxylic acids is 1. The van der Waals surface area contributed by atoms with Crippen molar-refractivity contribution >= 4 is 17.3 Å². The van der Waals surface area contributed by atoms with Crippen LogP contribution in [0.15, 0.2) is 36.5 Å². The van der Waals surface area contributed by atoms with E-state index in [1.54, 1.807) is 11.3 Å². The second kappa shape index (κ2) is 6.37. The van der Waals surface area contributed by atoms with Gasteiger partial charge in [-0.05, 0) is 24.9 Å². The van der Waals surface area contributed by atoms with Crippen LogP contribution in [0.2, 0.25) is 0 Å². The highest BCUT2D eigenvalue weighted by molar-refractivity contribution is 7.15. The molecular weight excluding hydrogens is 284 g/mol. The van der Waals surface area contributed by atoms with E-state index in [0.717, 1.165) is 41.3 Å². The summed E-state index contributed by atoms with van der Waals surface area (Å²) < 4.78 is 0. The minimum Gasteiger partial charge on any atom is -0.480 e. The fraction of sp³-hybridized carbons (Fsp3) is 0.375. The maximum atomic E-state index is 11.3. The normalized spacial score (nSPS) is 19.5. The number of piperidine rings is 1. The van der Waals surface area contributed by atoms with Gasteiger partial charge in [-0.3, -0.25) is 9.69 Å². The molecule has 2 aromatic rings. The van der Waals surface area contributed by atoms with Gasteiger partial charge in [-0.2, -0.15) is 0 Å². The molecule has 1 aromatic carbocycles. The number of rotatable bonds is 4. The number of aromatic nitrogens is 1. The van der Waals surface area contributed by atoms with Crippen LogP contribution in [0.4, 0.5) is 0 Å². The molecule has 110 valence electrons. The Bertz CT molecular complexity index is 612. The summed E-state index contributed by atoms with van der Waals surface area (Å²) >= 11 is 1.65. The van der Waals surface area contributed by atoms with Crippen LogP contribution in [0.5, 0.6) is 0 Å². The molecule has 0 bridgehead atoms. The van der Waals surface area contributed by atoms with E-state index >= 15 is 0 Å². The van der Waals surface area contributed by atoms with E-state index in [2.05, 4.69) is 17.1 Å². The van der Waals surface area contributed by atoms with Crippen molar-refractivity contribution in [2.75, 3.05) is 6.54 Å². The van der Waals surface area contributed by atoms with Crippen molar-refractivity contribution in [3.05, 3.63) is 41.5 Å². The Morgan fingerprint density at radius 1 is 1.33 bits per heavy atom. The molecule has 0 aliphatic carbocycles. The van der Waals surface area contributed by atoms with Crippen LogP contribution in [0.25, 0.3) is 10.4 Å². The summed E-state index contributed by atoms with van der Waals surface area (Å²) in [6.45, 7) is 1.48. The Labute approximate surface area is 128 Å². The first-order valence-electron chi connectivity index (χ1n) is 7.21. The number of thiazole rings is 1. The highest BCUT2D eigenvalue weighted by Gasteiger charge is 2.28. The number of carboxylic acids is 1. The number of benzene rings is 1. The van der Waals surface area contributed by atoms with Gasteiger partial charge in [0.25, 0.3) is 0 Å². The third-order valence-corrected chi connectivity index (χ3v) is 4.88. The highest BCUT2D eigenvalue weighted by atomic mass is 32.1. The third kappa shape index (κ3) is 3.31. The zero-order chi connectivity index (χ0) is 14.7. The van der Waals surface area contributed by atoms with Crippen LogP contribution in [-0.2, 0) is 11.3 Å². The molecule has 2 heterocycles.